The van der Waals surface area contributed by atoms with Crippen molar-refractivity contribution in [2.45, 2.75) is 6.54 Å². The first-order valence-electron chi connectivity index (χ1n) is 7.30. The number of nitrogens with zero attached hydrogens (tertiary/aromatic N) is 4. The summed E-state index contributed by atoms with van der Waals surface area (Å²) < 4.78 is 32.4. The zero-order valence-corrected chi connectivity index (χ0v) is 12.9. The Bertz CT molecular complexity index is 850. The summed E-state index contributed by atoms with van der Waals surface area (Å²) in [5, 5.41) is 13.8. The van der Waals surface area contributed by atoms with Gasteiger partial charge in [0.2, 0.25) is 0 Å². The summed E-state index contributed by atoms with van der Waals surface area (Å²) in [5.74, 6) is -0.388. The second-order valence-corrected chi connectivity index (χ2v) is 5.00. The quantitative estimate of drug-likeness (QED) is 0.734. The molecule has 1 aromatic heterocycles. The third-order valence-corrected chi connectivity index (χ3v) is 3.23. The topological polar surface area (TPSA) is 81.9 Å². The summed E-state index contributed by atoms with van der Waals surface area (Å²) in [5.41, 5.74) is 0.568. The number of nitrogens with one attached hydrogen (secondary N) is 1. The Balaban J connectivity index is 1.55. The third kappa shape index (κ3) is 4.34. The first-order chi connectivity index (χ1) is 12.1. The van der Waals surface area contributed by atoms with Crippen molar-refractivity contribution >= 4 is 5.91 Å². The molecule has 0 saturated carbocycles. The standard InChI is InChI=1S/C16H13F2N5O2/c17-11-1-5-13(6-2-11)23-15(20-21-22-23)9-19-16(24)10-25-14-7-3-12(18)4-8-14/h1-8H,9-10H2,(H,19,24). The van der Waals surface area contributed by atoms with Crippen molar-refractivity contribution in [1.82, 2.24) is 25.5 Å². The van der Waals surface area contributed by atoms with Crippen LogP contribution >= 0.6 is 0 Å². The summed E-state index contributed by atoms with van der Waals surface area (Å²) in [6.07, 6.45) is 0. The van der Waals surface area contributed by atoms with Crippen molar-refractivity contribution in [3.8, 4) is 11.4 Å². The normalized spacial score (nSPS) is 10.5. The van der Waals surface area contributed by atoms with E-state index in [4.69, 9.17) is 4.74 Å². The number of hydrogen-bond acceptors (Lipinski definition) is 5. The molecule has 0 radical (unpaired) electrons. The average molecular weight is 345 g/mol. The Labute approximate surface area is 141 Å². The zero-order chi connectivity index (χ0) is 17.6. The molecule has 7 nitrogen and oxygen atoms in total. The van der Waals surface area contributed by atoms with Gasteiger partial charge in [-0.1, -0.05) is 0 Å². The van der Waals surface area contributed by atoms with Crippen LogP contribution in [0.1, 0.15) is 5.82 Å². The summed E-state index contributed by atoms with van der Waals surface area (Å²) in [6, 6.07) is 11.0. The monoisotopic (exact) mass is 345 g/mol. The molecule has 1 amide bonds. The van der Waals surface area contributed by atoms with Crippen LogP contribution in [0.15, 0.2) is 48.5 Å². The molecular weight excluding hydrogens is 332 g/mol. The molecule has 0 aliphatic rings. The van der Waals surface area contributed by atoms with Crippen LogP contribution in [0.3, 0.4) is 0 Å². The predicted molar refractivity (Wildman–Crippen MR) is 82.9 cm³/mol. The van der Waals surface area contributed by atoms with E-state index < -0.39 is 5.91 Å². The van der Waals surface area contributed by atoms with E-state index >= 15 is 0 Å². The van der Waals surface area contributed by atoms with Gasteiger partial charge in [-0.25, -0.2) is 8.78 Å². The molecule has 3 aromatic rings. The van der Waals surface area contributed by atoms with Crippen LogP contribution in [0.25, 0.3) is 5.69 Å². The maximum atomic E-state index is 13.0. The summed E-state index contributed by atoms with van der Waals surface area (Å²) in [7, 11) is 0. The number of amides is 1. The van der Waals surface area contributed by atoms with E-state index in [0.717, 1.165) is 0 Å². The highest BCUT2D eigenvalue weighted by atomic mass is 19.1. The van der Waals surface area contributed by atoms with Gasteiger partial charge < -0.3 is 10.1 Å². The second-order valence-electron chi connectivity index (χ2n) is 5.00. The number of carbonyl (C=O) groups excluding carboxylic acids is 1. The number of rotatable bonds is 6. The maximum Gasteiger partial charge on any atom is 0.258 e. The molecule has 0 aliphatic carbocycles. The van der Waals surface area contributed by atoms with Crippen molar-refractivity contribution in [3.63, 3.8) is 0 Å². The van der Waals surface area contributed by atoms with Crippen molar-refractivity contribution in [3.05, 3.63) is 66.0 Å². The highest BCUT2D eigenvalue weighted by molar-refractivity contribution is 5.77. The summed E-state index contributed by atoms with van der Waals surface area (Å²) in [6.45, 7) is -0.167. The highest BCUT2D eigenvalue weighted by Gasteiger charge is 2.10. The number of halogens is 2. The molecule has 9 heteroatoms. The van der Waals surface area contributed by atoms with Crippen molar-refractivity contribution in [1.29, 1.82) is 0 Å². The first kappa shape index (κ1) is 16.5. The van der Waals surface area contributed by atoms with E-state index in [9.17, 15) is 13.6 Å². The van der Waals surface area contributed by atoms with Gasteiger partial charge in [-0.15, -0.1) is 5.10 Å². The number of carbonyl (C=O) groups is 1. The predicted octanol–water partition coefficient (Wildman–Crippen LogP) is 1.64. The molecule has 0 saturated heterocycles. The molecule has 1 N–H and O–H groups in total. The van der Waals surface area contributed by atoms with Crippen LogP contribution in [-0.2, 0) is 11.3 Å². The SMILES string of the molecule is O=C(COc1ccc(F)cc1)NCc1nnnn1-c1ccc(F)cc1. The highest BCUT2D eigenvalue weighted by Crippen LogP contribution is 2.11. The Kier molecular flexibility index (Phi) is 4.93. The van der Waals surface area contributed by atoms with Gasteiger partial charge in [0.1, 0.15) is 17.4 Å². The lowest BCUT2D eigenvalue weighted by atomic mass is 10.3. The molecular formula is C16H13F2N5O2. The van der Waals surface area contributed by atoms with Crippen LogP contribution < -0.4 is 10.1 Å². The lowest BCUT2D eigenvalue weighted by Crippen LogP contribution is -2.29. The van der Waals surface area contributed by atoms with Crippen molar-refractivity contribution in [2.75, 3.05) is 6.61 Å². The Hall–Kier alpha value is -3.36. The lowest BCUT2D eigenvalue weighted by Gasteiger charge is -2.08. The van der Waals surface area contributed by atoms with Crippen LogP contribution in [0, 0.1) is 11.6 Å². The van der Waals surface area contributed by atoms with Gasteiger partial charge in [0.25, 0.3) is 5.91 Å². The molecule has 0 bridgehead atoms. The molecule has 128 valence electrons. The van der Waals surface area contributed by atoms with Crippen LogP contribution in [0.4, 0.5) is 8.78 Å². The van der Waals surface area contributed by atoms with Gasteiger partial charge >= 0.3 is 0 Å². The van der Waals surface area contributed by atoms with E-state index in [1.807, 2.05) is 0 Å². The second kappa shape index (κ2) is 7.47. The molecule has 0 spiro atoms. The number of tetrazole rings is 1. The molecule has 0 atom stereocenters. The average Bonchev–Trinajstić information content (AvgIpc) is 3.09. The minimum absolute atomic E-state index is 0.0655. The number of ether oxygens (including phenoxy) is 1. The van der Waals surface area contributed by atoms with Crippen LogP contribution in [0.5, 0.6) is 5.75 Å². The zero-order valence-electron chi connectivity index (χ0n) is 12.9. The molecule has 0 aliphatic heterocycles. The maximum absolute atomic E-state index is 13.0. The van der Waals surface area contributed by atoms with E-state index in [0.29, 0.717) is 17.3 Å². The minimum Gasteiger partial charge on any atom is -0.484 e. The van der Waals surface area contributed by atoms with Gasteiger partial charge in [0, 0.05) is 0 Å². The molecule has 3 rings (SSSR count). The Morgan fingerprint density at radius 2 is 1.68 bits per heavy atom. The Morgan fingerprint density at radius 1 is 1.04 bits per heavy atom. The molecule has 0 fully saturated rings. The lowest BCUT2D eigenvalue weighted by molar-refractivity contribution is -0.123. The minimum atomic E-state index is -0.391. The molecule has 25 heavy (non-hydrogen) atoms. The summed E-state index contributed by atoms with van der Waals surface area (Å²) in [4.78, 5) is 11.8. The van der Waals surface area contributed by atoms with Crippen molar-refractivity contribution in [2.24, 2.45) is 0 Å². The van der Waals surface area contributed by atoms with Crippen LogP contribution in [-0.4, -0.2) is 32.7 Å². The van der Waals surface area contributed by atoms with Crippen LogP contribution in [0.2, 0.25) is 0 Å². The van der Waals surface area contributed by atoms with E-state index in [-0.39, 0.29) is 24.8 Å². The molecule has 2 aromatic carbocycles. The fourth-order valence-corrected chi connectivity index (χ4v) is 2.01. The van der Waals surface area contributed by atoms with Gasteiger partial charge in [0.15, 0.2) is 12.4 Å². The smallest absolute Gasteiger partial charge is 0.258 e. The van der Waals surface area contributed by atoms with Gasteiger partial charge in [-0.3, -0.25) is 4.79 Å². The van der Waals surface area contributed by atoms with Gasteiger partial charge in [-0.2, -0.15) is 4.68 Å². The molecule has 0 unspecified atom stereocenters. The first-order valence-corrected chi connectivity index (χ1v) is 7.30. The van der Waals surface area contributed by atoms with E-state index in [2.05, 4.69) is 20.8 Å². The van der Waals surface area contributed by atoms with E-state index in [1.165, 1.54) is 53.2 Å². The number of benzene rings is 2. The van der Waals surface area contributed by atoms with Gasteiger partial charge in [-0.05, 0) is 59.0 Å². The van der Waals surface area contributed by atoms with Crippen molar-refractivity contribution < 1.29 is 18.3 Å². The summed E-state index contributed by atoms with van der Waals surface area (Å²) >= 11 is 0. The third-order valence-electron chi connectivity index (χ3n) is 3.23. The van der Waals surface area contributed by atoms with Gasteiger partial charge in [0.05, 0.1) is 12.2 Å². The number of hydrogen-bond donors (Lipinski definition) is 1. The fourth-order valence-electron chi connectivity index (χ4n) is 2.01. The largest absolute Gasteiger partial charge is 0.484 e. The fraction of sp³-hybridized carbons (Fsp3) is 0.125. The Morgan fingerprint density at radius 3 is 2.36 bits per heavy atom. The number of aromatic nitrogens is 4. The van der Waals surface area contributed by atoms with E-state index in [1.54, 1.807) is 0 Å². The molecule has 1 heterocycles.